The van der Waals surface area contributed by atoms with Crippen LogP contribution in [0, 0.1) is 11.8 Å². The van der Waals surface area contributed by atoms with Crippen LogP contribution in [0.3, 0.4) is 0 Å². The Balaban J connectivity index is 1.21. The molecule has 2 fully saturated rings. The van der Waals surface area contributed by atoms with Crippen molar-refractivity contribution in [3.05, 3.63) is 29.8 Å². The standard InChI is InChI=1S/C21H31NO/c1-22(15-17-6-4-7-17)13-5-8-16-11-12-19-18-9-2-3-10-20(18)23-21(19)14-16/h2-3,9-10,16-17,19,21H,4-8,11-15H2,1H3/t16?,19-,21-/m1/s1. The first kappa shape index (κ1) is 15.5. The zero-order valence-corrected chi connectivity index (χ0v) is 14.5. The minimum Gasteiger partial charge on any atom is -0.489 e. The fourth-order valence-corrected chi connectivity index (χ4v) is 4.87. The van der Waals surface area contributed by atoms with Crippen molar-refractivity contribution in [3.63, 3.8) is 0 Å². The van der Waals surface area contributed by atoms with Gasteiger partial charge in [-0.05, 0) is 76.4 Å². The molecule has 1 aliphatic heterocycles. The Labute approximate surface area is 141 Å². The maximum atomic E-state index is 6.23. The second-order valence-electron chi connectivity index (χ2n) is 8.18. The smallest absolute Gasteiger partial charge is 0.123 e. The van der Waals surface area contributed by atoms with E-state index in [0.717, 1.165) is 17.6 Å². The number of para-hydroxylation sites is 1. The van der Waals surface area contributed by atoms with Crippen LogP contribution in [0.5, 0.6) is 5.75 Å². The molecule has 2 heteroatoms. The lowest BCUT2D eigenvalue weighted by atomic mass is 9.76. The lowest BCUT2D eigenvalue weighted by Gasteiger charge is -2.32. The molecule has 0 radical (unpaired) electrons. The number of hydrogen-bond acceptors (Lipinski definition) is 2. The highest BCUT2D eigenvalue weighted by Gasteiger charge is 2.38. The maximum Gasteiger partial charge on any atom is 0.123 e. The van der Waals surface area contributed by atoms with Crippen LogP contribution in [0.2, 0.25) is 0 Å². The molecule has 3 aliphatic rings. The number of fused-ring (bicyclic) bond motifs is 3. The van der Waals surface area contributed by atoms with Crippen LogP contribution in [0.25, 0.3) is 0 Å². The third kappa shape index (κ3) is 3.42. The first-order valence-corrected chi connectivity index (χ1v) is 9.73. The van der Waals surface area contributed by atoms with Crippen LogP contribution in [0.1, 0.15) is 62.8 Å². The van der Waals surface area contributed by atoms with E-state index in [4.69, 9.17) is 4.74 Å². The molecule has 2 saturated carbocycles. The van der Waals surface area contributed by atoms with Crippen molar-refractivity contribution in [3.8, 4) is 5.75 Å². The van der Waals surface area contributed by atoms with Gasteiger partial charge in [-0.25, -0.2) is 0 Å². The van der Waals surface area contributed by atoms with Gasteiger partial charge >= 0.3 is 0 Å². The molecule has 1 heterocycles. The Kier molecular flexibility index (Phi) is 4.61. The highest BCUT2D eigenvalue weighted by molar-refractivity contribution is 5.41. The molecule has 0 bridgehead atoms. The van der Waals surface area contributed by atoms with E-state index in [2.05, 4.69) is 36.2 Å². The van der Waals surface area contributed by atoms with Crippen molar-refractivity contribution in [1.82, 2.24) is 4.90 Å². The first-order valence-electron chi connectivity index (χ1n) is 9.73. The van der Waals surface area contributed by atoms with Gasteiger partial charge in [0.25, 0.3) is 0 Å². The molecule has 0 spiro atoms. The number of hydrogen-bond donors (Lipinski definition) is 0. The van der Waals surface area contributed by atoms with Crippen molar-refractivity contribution in [2.45, 2.75) is 63.4 Å². The van der Waals surface area contributed by atoms with Crippen molar-refractivity contribution >= 4 is 0 Å². The zero-order valence-electron chi connectivity index (χ0n) is 14.5. The van der Waals surface area contributed by atoms with E-state index < -0.39 is 0 Å². The van der Waals surface area contributed by atoms with E-state index in [0.29, 0.717) is 12.0 Å². The van der Waals surface area contributed by atoms with Gasteiger partial charge in [0.2, 0.25) is 0 Å². The summed E-state index contributed by atoms with van der Waals surface area (Å²) in [7, 11) is 2.31. The van der Waals surface area contributed by atoms with E-state index in [1.54, 1.807) is 0 Å². The lowest BCUT2D eigenvalue weighted by Crippen LogP contribution is -2.31. The Morgan fingerprint density at radius 2 is 1.96 bits per heavy atom. The predicted octanol–water partition coefficient (Wildman–Crippen LogP) is 4.84. The largest absolute Gasteiger partial charge is 0.489 e. The Bertz CT molecular complexity index is 524. The SMILES string of the molecule is CN(CCCC1CC[C@@H]2c3ccccc3O[C@@H]2C1)CC1CCC1. The predicted molar refractivity (Wildman–Crippen MR) is 95.0 cm³/mol. The lowest BCUT2D eigenvalue weighted by molar-refractivity contribution is 0.122. The maximum absolute atomic E-state index is 6.23. The molecule has 0 aromatic heterocycles. The molecule has 4 rings (SSSR count). The van der Waals surface area contributed by atoms with Crippen molar-refractivity contribution in [2.24, 2.45) is 11.8 Å². The molecule has 1 unspecified atom stereocenters. The monoisotopic (exact) mass is 313 g/mol. The highest BCUT2D eigenvalue weighted by atomic mass is 16.5. The third-order valence-electron chi connectivity index (χ3n) is 6.44. The second kappa shape index (κ2) is 6.84. The number of benzene rings is 1. The molecule has 23 heavy (non-hydrogen) atoms. The van der Waals surface area contributed by atoms with Gasteiger partial charge in [0, 0.05) is 18.0 Å². The minimum absolute atomic E-state index is 0.457. The number of rotatable bonds is 6. The van der Waals surface area contributed by atoms with Crippen LogP contribution in [-0.2, 0) is 0 Å². The average molecular weight is 313 g/mol. The summed E-state index contributed by atoms with van der Waals surface area (Å²) < 4.78 is 6.23. The third-order valence-corrected chi connectivity index (χ3v) is 6.44. The van der Waals surface area contributed by atoms with E-state index in [1.165, 1.54) is 70.0 Å². The molecule has 0 amide bonds. The zero-order chi connectivity index (χ0) is 15.6. The molecule has 2 aliphatic carbocycles. The summed E-state index contributed by atoms with van der Waals surface area (Å²) in [5, 5.41) is 0. The molecular weight excluding hydrogens is 282 g/mol. The Hall–Kier alpha value is -1.02. The van der Waals surface area contributed by atoms with E-state index in [9.17, 15) is 0 Å². The van der Waals surface area contributed by atoms with E-state index in [-0.39, 0.29) is 0 Å². The molecule has 1 aromatic carbocycles. The van der Waals surface area contributed by atoms with Crippen LogP contribution in [0.4, 0.5) is 0 Å². The summed E-state index contributed by atoms with van der Waals surface area (Å²) in [4.78, 5) is 2.57. The fourth-order valence-electron chi connectivity index (χ4n) is 4.87. The van der Waals surface area contributed by atoms with Gasteiger partial charge < -0.3 is 9.64 Å². The molecule has 0 saturated heterocycles. The molecule has 2 nitrogen and oxygen atoms in total. The minimum atomic E-state index is 0.457. The van der Waals surface area contributed by atoms with E-state index >= 15 is 0 Å². The molecule has 0 N–H and O–H groups in total. The molecule has 3 atom stereocenters. The van der Waals surface area contributed by atoms with Gasteiger partial charge in [-0.2, -0.15) is 0 Å². The topological polar surface area (TPSA) is 12.5 Å². The Morgan fingerprint density at radius 3 is 2.78 bits per heavy atom. The summed E-state index contributed by atoms with van der Waals surface area (Å²) in [6.45, 7) is 2.61. The van der Waals surface area contributed by atoms with Gasteiger partial charge in [-0.3, -0.25) is 0 Å². The van der Waals surface area contributed by atoms with Gasteiger partial charge in [0.05, 0.1) is 0 Å². The Morgan fingerprint density at radius 1 is 1.09 bits per heavy atom. The summed E-state index contributed by atoms with van der Waals surface area (Å²) in [6.07, 6.45) is 11.6. The average Bonchev–Trinajstić information content (AvgIpc) is 2.89. The number of nitrogens with zero attached hydrogens (tertiary/aromatic N) is 1. The molecule has 126 valence electrons. The fraction of sp³-hybridized carbons (Fsp3) is 0.714. The van der Waals surface area contributed by atoms with Gasteiger partial charge in [0.15, 0.2) is 0 Å². The van der Waals surface area contributed by atoms with Crippen LogP contribution in [0.15, 0.2) is 24.3 Å². The quantitative estimate of drug-likeness (QED) is 0.745. The van der Waals surface area contributed by atoms with Crippen LogP contribution < -0.4 is 4.74 Å². The summed E-state index contributed by atoms with van der Waals surface area (Å²) in [5.41, 5.74) is 1.47. The number of ether oxygens (including phenoxy) is 1. The molecular formula is C21H31NO. The van der Waals surface area contributed by atoms with Gasteiger partial charge in [-0.1, -0.05) is 24.6 Å². The van der Waals surface area contributed by atoms with Crippen molar-refractivity contribution < 1.29 is 4.74 Å². The van der Waals surface area contributed by atoms with Crippen LogP contribution >= 0.6 is 0 Å². The normalized spacial score (nSPS) is 29.7. The van der Waals surface area contributed by atoms with E-state index in [1.807, 2.05) is 0 Å². The summed E-state index contributed by atoms with van der Waals surface area (Å²) in [5.74, 6) is 3.70. The van der Waals surface area contributed by atoms with Crippen molar-refractivity contribution in [2.75, 3.05) is 20.1 Å². The second-order valence-corrected chi connectivity index (χ2v) is 8.18. The summed E-state index contributed by atoms with van der Waals surface area (Å²) in [6, 6.07) is 8.69. The van der Waals surface area contributed by atoms with Crippen LogP contribution in [-0.4, -0.2) is 31.1 Å². The van der Waals surface area contributed by atoms with Gasteiger partial charge in [0.1, 0.15) is 11.9 Å². The summed E-state index contributed by atoms with van der Waals surface area (Å²) >= 11 is 0. The van der Waals surface area contributed by atoms with Crippen molar-refractivity contribution in [1.29, 1.82) is 0 Å². The molecule has 1 aromatic rings. The first-order chi connectivity index (χ1) is 11.3. The van der Waals surface area contributed by atoms with Gasteiger partial charge in [-0.15, -0.1) is 0 Å². The highest BCUT2D eigenvalue weighted by Crippen LogP contribution is 2.47.